The number of hydrogen-bond acceptors (Lipinski definition) is 5. The first-order valence-corrected chi connectivity index (χ1v) is 11.8. The molecule has 1 heterocycles. The Morgan fingerprint density at radius 2 is 1.76 bits per heavy atom. The number of para-hydroxylation sites is 1. The van der Waals surface area contributed by atoms with Crippen molar-refractivity contribution in [2.75, 3.05) is 16.2 Å². The maximum Gasteiger partial charge on any atom is 0.264 e. The third-order valence-corrected chi connectivity index (χ3v) is 6.89. The Bertz CT molecular complexity index is 1380. The highest BCUT2D eigenvalue weighted by atomic mass is 32.2. The summed E-state index contributed by atoms with van der Waals surface area (Å²) in [6.45, 7) is 3.83. The number of amides is 1. The molecule has 0 atom stereocenters. The van der Waals surface area contributed by atoms with Gasteiger partial charge in [-0.25, -0.2) is 13.4 Å². The highest BCUT2D eigenvalue weighted by molar-refractivity contribution is 7.92. The van der Waals surface area contributed by atoms with Gasteiger partial charge >= 0.3 is 0 Å². The summed E-state index contributed by atoms with van der Waals surface area (Å²) in [5, 5.41) is 9.74. The predicted molar refractivity (Wildman–Crippen MR) is 128 cm³/mol. The van der Waals surface area contributed by atoms with Crippen LogP contribution in [0, 0.1) is 6.92 Å². The van der Waals surface area contributed by atoms with Crippen LogP contribution in [0.15, 0.2) is 83.8 Å². The van der Waals surface area contributed by atoms with E-state index in [1.807, 2.05) is 12.1 Å². The maximum absolute atomic E-state index is 13.3. The third-order valence-electron chi connectivity index (χ3n) is 4.99. The van der Waals surface area contributed by atoms with E-state index in [-0.39, 0.29) is 17.0 Å². The normalized spacial score (nSPS) is 11.2. The molecule has 1 aromatic heterocycles. The zero-order chi connectivity index (χ0) is 23.4. The number of aromatic amines is 1. The number of H-pyrrole nitrogens is 1. The molecule has 168 valence electrons. The van der Waals surface area contributed by atoms with E-state index in [1.165, 1.54) is 16.4 Å². The number of carbonyl (C=O) groups is 1. The van der Waals surface area contributed by atoms with Crippen molar-refractivity contribution in [3.05, 3.63) is 90.3 Å². The van der Waals surface area contributed by atoms with Crippen LogP contribution in [-0.4, -0.2) is 36.1 Å². The zero-order valence-corrected chi connectivity index (χ0v) is 19.0. The number of aromatic nitrogens is 3. The van der Waals surface area contributed by atoms with Gasteiger partial charge < -0.3 is 5.32 Å². The van der Waals surface area contributed by atoms with Crippen LogP contribution in [0.3, 0.4) is 0 Å². The van der Waals surface area contributed by atoms with Gasteiger partial charge in [0.2, 0.25) is 0 Å². The lowest BCUT2D eigenvalue weighted by atomic mass is 10.1. The van der Waals surface area contributed by atoms with E-state index in [0.29, 0.717) is 23.0 Å². The lowest BCUT2D eigenvalue weighted by Crippen LogP contribution is -2.30. The second-order valence-corrected chi connectivity index (χ2v) is 9.17. The number of carbonyl (C=O) groups excluding carboxylic acids is 1. The molecule has 0 spiro atoms. The van der Waals surface area contributed by atoms with Crippen LogP contribution < -0.4 is 9.62 Å². The largest absolute Gasteiger partial charge is 0.322 e. The SMILES string of the molecule is CCN(c1ccccc1)S(=O)(=O)c1cccc(C(=O)Nc2cccc(-c3n[nH]c(C)n3)c2)c1. The fourth-order valence-electron chi connectivity index (χ4n) is 3.42. The quantitative estimate of drug-likeness (QED) is 0.428. The molecular formula is C24H23N5O3S. The van der Waals surface area contributed by atoms with Crippen LogP contribution in [0.4, 0.5) is 11.4 Å². The number of nitrogens with zero attached hydrogens (tertiary/aromatic N) is 3. The Morgan fingerprint density at radius 1 is 1.00 bits per heavy atom. The summed E-state index contributed by atoms with van der Waals surface area (Å²) < 4.78 is 27.9. The molecule has 0 unspecified atom stereocenters. The average Bonchev–Trinajstić information content (AvgIpc) is 3.27. The van der Waals surface area contributed by atoms with Crippen molar-refractivity contribution in [2.45, 2.75) is 18.7 Å². The van der Waals surface area contributed by atoms with Gasteiger partial charge in [-0.3, -0.25) is 14.2 Å². The van der Waals surface area contributed by atoms with Crippen LogP contribution in [0.1, 0.15) is 23.1 Å². The Hall–Kier alpha value is -3.98. The van der Waals surface area contributed by atoms with Crippen molar-refractivity contribution in [3.63, 3.8) is 0 Å². The van der Waals surface area contributed by atoms with E-state index in [4.69, 9.17) is 0 Å². The molecule has 0 aliphatic heterocycles. The first-order valence-electron chi connectivity index (χ1n) is 10.4. The van der Waals surface area contributed by atoms with Crippen molar-refractivity contribution in [3.8, 4) is 11.4 Å². The minimum absolute atomic E-state index is 0.0470. The van der Waals surface area contributed by atoms with Gasteiger partial charge in [0.15, 0.2) is 5.82 Å². The maximum atomic E-state index is 13.3. The van der Waals surface area contributed by atoms with Gasteiger partial charge in [-0.05, 0) is 56.3 Å². The fourth-order valence-corrected chi connectivity index (χ4v) is 4.94. The number of nitrogens with one attached hydrogen (secondary N) is 2. The molecule has 4 aromatic rings. The third kappa shape index (κ3) is 4.78. The summed E-state index contributed by atoms with van der Waals surface area (Å²) in [5.74, 6) is 0.796. The van der Waals surface area contributed by atoms with Gasteiger partial charge in [0.1, 0.15) is 5.82 Å². The molecule has 8 nitrogen and oxygen atoms in total. The Kier molecular flexibility index (Phi) is 6.23. The highest BCUT2D eigenvalue weighted by Crippen LogP contribution is 2.25. The lowest BCUT2D eigenvalue weighted by Gasteiger charge is -2.23. The molecular weight excluding hydrogens is 438 g/mol. The van der Waals surface area contributed by atoms with E-state index in [9.17, 15) is 13.2 Å². The summed E-state index contributed by atoms with van der Waals surface area (Å²) in [7, 11) is -3.84. The smallest absolute Gasteiger partial charge is 0.264 e. The fraction of sp³-hybridized carbons (Fsp3) is 0.125. The molecule has 0 fully saturated rings. The van der Waals surface area contributed by atoms with E-state index < -0.39 is 15.9 Å². The van der Waals surface area contributed by atoms with Crippen molar-refractivity contribution < 1.29 is 13.2 Å². The summed E-state index contributed by atoms with van der Waals surface area (Å²) in [6.07, 6.45) is 0. The molecule has 2 N–H and O–H groups in total. The van der Waals surface area contributed by atoms with Crippen LogP contribution in [-0.2, 0) is 10.0 Å². The number of hydrogen-bond donors (Lipinski definition) is 2. The Balaban J connectivity index is 1.58. The average molecular weight is 462 g/mol. The molecule has 0 aliphatic carbocycles. The van der Waals surface area contributed by atoms with Gasteiger partial charge in [0, 0.05) is 23.4 Å². The highest BCUT2D eigenvalue weighted by Gasteiger charge is 2.24. The van der Waals surface area contributed by atoms with Crippen LogP contribution in [0.2, 0.25) is 0 Å². The van der Waals surface area contributed by atoms with E-state index in [2.05, 4.69) is 20.5 Å². The number of benzene rings is 3. The van der Waals surface area contributed by atoms with Crippen molar-refractivity contribution in [1.29, 1.82) is 0 Å². The molecule has 0 radical (unpaired) electrons. The molecule has 0 saturated carbocycles. The van der Waals surface area contributed by atoms with Crippen LogP contribution >= 0.6 is 0 Å². The molecule has 0 saturated heterocycles. The molecule has 9 heteroatoms. The Labute approximate surface area is 192 Å². The standard InChI is InChI=1S/C24H23N5O3S/c1-3-29(21-12-5-4-6-13-21)33(31,32)22-14-8-10-19(16-22)24(30)26-20-11-7-9-18(15-20)23-25-17(2)27-28-23/h4-16H,3H2,1-2H3,(H,26,30)(H,25,27,28). The minimum atomic E-state index is -3.84. The predicted octanol–water partition coefficient (Wildman–Crippen LogP) is 4.25. The van der Waals surface area contributed by atoms with Crippen molar-refractivity contribution in [2.24, 2.45) is 0 Å². The van der Waals surface area contributed by atoms with E-state index in [1.54, 1.807) is 68.4 Å². The van der Waals surface area contributed by atoms with Crippen LogP contribution in [0.25, 0.3) is 11.4 Å². The number of aryl methyl sites for hydroxylation is 1. The summed E-state index contributed by atoms with van der Waals surface area (Å²) in [4.78, 5) is 17.2. The first kappa shape index (κ1) is 22.2. The monoisotopic (exact) mass is 461 g/mol. The van der Waals surface area contributed by atoms with Gasteiger partial charge in [-0.1, -0.05) is 36.4 Å². The van der Waals surface area contributed by atoms with Crippen molar-refractivity contribution >= 4 is 27.3 Å². The number of anilines is 2. The van der Waals surface area contributed by atoms with Gasteiger partial charge in [0.05, 0.1) is 10.6 Å². The van der Waals surface area contributed by atoms with Gasteiger partial charge in [0.25, 0.3) is 15.9 Å². The number of rotatable bonds is 7. The summed E-state index contributed by atoms with van der Waals surface area (Å²) in [5.41, 5.74) is 2.09. The molecule has 0 aliphatic rings. The topological polar surface area (TPSA) is 108 Å². The van der Waals surface area contributed by atoms with Gasteiger partial charge in [-0.2, -0.15) is 5.10 Å². The second-order valence-electron chi connectivity index (χ2n) is 7.31. The molecule has 33 heavy (non-hydrogen) atoms. The Morgan fingerprint density at radius 3 is 2.45 bits per heavy atom. The van der Waals surface area contributed by atoms with Gasteiger partial charge in [-0.15, -0.1) is 0 Å². The molecule has 1 amide bonds. The zero-order valence-electron chi connectivity index (χ0n) is 18.2. The van der Waals surface area contributed by atoms with Crippen LogP contribution in [0.5, 0.6) is 0 Å². The summed E-state index contributed by atoms with van der Waals surface area (Å²) >= 11 is 0. The summed E-state index contributed by atoms with van der Waals surface area (Å²) in [6, 6.07) is 22.0. The van der Waals surface area contributed by atoms with E-state index >= 15 is 0 Å². The second kappa shape index (κ2) is 9.25. The van der Waals surface area contributed by atoms with Crippen molar-refractivity contribution in [1.82, 2.24) is 15.2 Å². The lowest BCUT2D eigenvalue weighted by molar-refractivity contribution is 0.102. The molecule has 4 rings (SSSR count). The molecule has 3 aromatic carbocycles. The molecule has 0 bridgehead atoms. The van der Waals surface area contributed by atoms with E-state index in [0.717, 1.165) is 5.56 Å². The number of sulfonamides is 1. The first-order chi connectivity index (χ1) is 15.9. The minimum Gasteiger partial charge on any atom is -0.322 e.